The number of halogens is 1. The van der Waals surface area contributed by atoms with E-state index in [0.717, 1.165) is 0 Å². The molecule has 0 radical (unpaired) electrons. The number of aromatic carboxylic acids is 1. The predicted molar refractivity (Wildman–Crippen MR) is 79.9 cm³/mol. The van der Waals surface area contributed by atoms with Gasteiger partial charge in [0.15, 0.2) is 0 Å². The van der Waals surface area contributed by atoms with Gasteiger partial charge in [0.2, 0.25) is 10.0 Å². The molecular weight excluding hydrogens is 362 g/mol. The lowest BCUT2D eigenvalue weighted by Gasteiger charge is -2.34. The summed E-state index contributed by atoms with van der Waals surface area (Å²) in [6.45, 7) is 4.20. The lowest BCUT2D eigenvalue weighted by molar-refractivity contribution is -0.0440. The molecule has 1 saturated heterocycles. The number of nitrogens with zero attached hydrogens (tertiary/aromatic N) is 1. The van der Waals surface area contributed by atoms with Gasteiger partial charge in [-0.15, -0.1) is 0 Å². The minimum absolute atomic E-state index is 0.0320. The van der Waals surface area contributed by atoms with Crippen molar-refractivity contribution in [2.75, 3.05) is 13.1 Å². The van der Waals surface area contributed by atoms with Gasteiger partial charge in [0.1, 0.15) is 0 Å². The molecule has 1 N–H and O–H groups in total. The molecule has 2 rings (SSSR count). The third kappa shape index (κ3) is 3.45. The second-order valence-electron chi connectivity index (χ2n) is 5.03. The number of rotatable bonds is 3. The Balaban J connectivity index is 2.37. The molecule has 1 aromatic carbocycles. The summed E-state index contributed by atoms with van der Waals surface area (Å²) in [4.78, 5) is 11.0. The maximum absolute atomic E-state index is 12.7. The third-order valence-corrected chi connectivity index (χ3v) is 5.99. The van der Waals surface area contributed by atoms with Crippen LogP contribution in [0.1, 0.15) is 24.2 Å². The van der Waals surface area contributed by atoms with Gasteiger partial charge in [-0.3, -0.25) is 0 Å². The maximum Gasteiger partial charge on any atom is 0.335 e. The Morgan fingerprint density at radius 1 is 1.33 bits per heavy atom. The first-order valence-corrected chi connectivity index (χ1v) is 8.63. The third-order valence-electron chi connectivity index (χ3n) is 3.18. The summed E-state index contributed by atoms with van der Waals surface area (Å²) in [7, 11) is -3.69. The average molecular weight is 378 g/mol. The molecule has 21 heavy (non-hydrogen) atoms. The second kappa shape index (κ2) is 6.04. The molecule has 0 bridgehead atoms. The topological polar surface area (TPSA) is 83.9 Å². The van der Waals surface area contributed by atoms with Crippen LogP contribution in [-0.2, 0) is 14.8 Å². The van der Waals surface area contributed by atoms with E-state index < -0.39 is 16.0 Å². The molecule has 116 valence electrons. The molecule has 6 nitrogen and oxygen atoms in total. The Labute approximate surface area is 131 Å². The molecule has 0 aliphatic carbocycles. The fourth-order valence-corrected chi connectivity index (χ4v) is 4.94. The molecule has 1 aliphatic heterocycles. The number of morpholine rings is 1. The van der Waals surface area contributed by atoms with Crippen molar-refractivity contribution < 1.29 is 23.1 Å². The molecule has 1 heterocycles. The number of hydrogen-bond acceptors (Lipinski definition) is 4. The van der Waals surface area contributed by atoms with Gasteiger partial charge >= 0.3 is 5.97 Å². The van der Waals surface area contributed by atoms with Crippen LogP contribution >= 0.6 is 15.9 Å². The van der Waals surface area contributed by atoms with Crippen LogP contribution in [0.3, 0.4) is 0 Å². The van der Waals surface area contributed by atoms with Crippen molar-refractivity contribution in [2.45, 2.75) is 31.0 Å². The van der Waals surface area contributed by atoms with E-state index in [0.29, 0.717) is 0 Å². The first-order chi connectivity index (χ1) is 9.71. The van der Waals surface area contributed by atoms with Gasteiger partial charge in [-0.2, -0.15) is 4.31 Å². The molecule has 0 spiro atoms. The quantitative estimate of drug-likeness (QED) is 0.869. The van der Waals surface area contributed by atoms with Gasteiger partial charge in [-0.25, -0.2) is 13.2 Å². The Morgan fingerprint density at radius 2 is 1.90 bits per heavy atom. The molecule has 0 amide bonds. The minimum atomic E-state index is -3.69. The van der Waals surface area contributed by atoms with E-state index in [1.54, 1.807) is 0 Å². The normalized spacial score (nSPS) is 24.0. The van der Waals surface area contributed by atoms with Crippen molar-refractivity contribution in [3.63, 3.8) is 0 Å². The predicted octanol–water partition coefficient (Wildman–Crippen LogP) is 1.95. The zero-order valence-corrected chi connectivity index (χ0v) is 14.0. The fraction of sp³-hybridized carbons (Fsp3) is 0.462. The second-order valence-corrected chi connectivity index (χ2v) is 7.79. The number of ether oxygens (including phenoxy) is 1. The van der Waals surface area contributed by atoms with Gasteiger partial charge in [-0.1, -0.05) is 0 Å². The number of carboxylic acid groups (broad SMARTS) is 1. The van der Waals surface area contributed by atoms with Gasteiger partial charge in [-0.05, 0) is 48.0 Å². The SMILES string of the molecule is C[C@@H]1CN(S(=O)(=O)c2ccc(C(=O)O)cc2Br)C[C@H](C)O1. The highest BCUT2D eigenvalue weighted by Crippen LogP contribution is 2.28. The van der Waals surface area contributed by atoms with E-state index in [9.17, 15) is 13.2 Å². The number of hydrogen-bond donors (Lipinski definition) is 1. The van der Waals surface area contributed by atoms with Crippen LogP contribution in [0.4, 0.5) is 0 Å². The van der Waals surface area contributed by atoms with Crippen molar-refractivity contribution in [2.24, 2.45) is 0 Å². The van der Waals surface area contributed by atoms with Crippen LogP contribution < -0.4 is 0 Å². The number of carboxylic acids is 1. The van der Waals surface area contributed by atoms with Crippen LogP contribution in [0.15, 0.2) is 27.6 Å². The largest absolute Gasteiger partial charge is 0.478 e. The van der Waals surface area contributed by atoms with E-state index >= 15 is 0 Å². The van der Waals surface area contributed by atoms with Crippen molar-refractivity contribution >= 4 is 31.9 Å². The first kappa shape index (κ1) is 16.4. The average Bonchev–Trinajstić information content (AvgIpc) is 2.36. The number of sulfonamides is 1. The monoisotopic (exact) mass is 377 g/mol. The summed E-state index contributed by atoms with van der Waals surface area (Å²) in [6.07, 6.45) is -0.360. The zero-order chi connectivity index (χ0) is 15.8. The first-order valence-electron chi connectivity index (χ1n) is 6.40. The van der Waals surface area contributed by atoms with Crippen LogP contribution in [0.5, 0.6) is 0 Å². The fourth-order valence-electron chi connectivity index (χ4n) is 2.31. The summed E-state index contributed by atoms with van der Waals surface area (Å²) in [5.41, 5.74) is 0.0320. The highest BCUT2D eigenvalue weighted by molar-refractivity contribution is 9.10. The van der Waals surface area contributed by atoms with E-state index in [1.807, 2.05) is 13.8 Å². The van der Waals surface area contributed by atoms with Gasteiger partial charge in [0.25, 0.3) is 0 Å². The van der Waals surface area contributed by atoms with Crippen LogP contribution in [0.25, 0.3) is 0 Å². The highest BCUT2D eigenvalue weighted by Gasteiger charge is 2.33. The molecule has 8 heteroatoms. The van der Waals surface area contributed by atoms with Crippen LogP contribution in [0, 0.1) is 0 Å². The van der Waals surface area contributed by atoms with Crippen LogP contribution in [-0.4, -0.2) is 49.1 Å². The standard InChI is InChI=1S/C13H16BrNO5S/c1-8-6-15(7-9(2)20-8)21(18,19)12-4-3-10(13(16)17)5-11(12)14/h3-5,8-9H,6-7H2,1-2H3,(H,16,17)/t8-,9+. The van der Waals surface area contributed by atoms with E-state index in [4.69, 9.17) is 9.84 Å². The van der Waals surface area contributed by atoms with Gasteiger partial charge < -0.3 is 9.84 Å². The van der Waals surface area contributed by atoms with E-state index in [2.05, 4.69) is 15.9 Å². The Hall–Kier alpha value is -0.960. The van der Waals surface area contributed by atoms with Crippen molar-refractivity contribution in [1.29, 1.82) is 0 Å². The number of carbonyl (C=O) groups is 1. The van der Waals surface area contributed by atoms with Gasteiger partial charge in [0, 0.05) is 17.6 Å². The smallest absolute Gasteiger partial charge is 0.335 e. The maximum atomic E-state index is 12.7. The molecular formula is C13H16BrNO5S. The molecule has 1 fully saturated rings. The van der Waals surface area contributed by atoms with E-state index in [1.165, 1.54) is 22.5 Å². The summed E-state index contributed by atoms with van der Waals surface area (Å²) in [6, 6.07) is 3.89. The van der Waals surface area contributed by atoms with E-state index in [-0.39, 0.29) is 40.2 Å². The van der Waals surface area contributed by atoms with Gasteiger partial charge in [0.05, 0.1) is 22.7 Å². The van der Waals surface area contributed by atoms with Crippen molar-refractivity contribution in [3.05, 3.63) is 28.2 Å². The summed E-state index contributed by atoms with van der Waals surface area (Å²) in [5, 5.41) is 8.92. The highest BCUT2D eigenvalue weighted by atomic mass is 79.9. The Morgan fingerprint density at radius 3 is 2.38 bits per heavy atom. The van der Waals surface area contributed by atoms with Crippen LogP contribution in [0.2, 0.25) is 0 Å². The molecule has 2 atom stereocenters. The molecule has 1 aliphatic rings. The molecule has 0 saturated carbocycles. The Kier molecular flexibility index (Phi) is 4.72. The molecule has 0 unspecified atom stereocenters. The summed E-state index contributed by atoms with van der Waals surface area (Å²) >= 11 is 3.15. The Bertz CT molecular complexity index is 651. The lowest BCUT2D eigenvalue weighted by atomic mass is 10.2. The lowest BCUT2D eigenvalue weighted by Crippen LogP contribution is -2.48. The molecule has 1 aromatic rings. The number of benzene rings is 1. The summed E-state index contributed by atoms with van der Waals surface area (Å²) < 4.78 is 32.5. The van der Waals surface area contributed by atoms with Crippen molar-refractivity contribution in [3.8, 4) is 0 Å². The zero-order valence-electron chi connectivity index (χ0n) is 11.6. The molecule has 0 aromatic heterocycles. The minimum Gasteiger partial charge on any atom is -0.478 e. The summed E-state index contributed by atoms with van der Waals surface area (Å²) in [5.74, 6) is -1.10. The van der Waals surface area contributed by atoms with Crippen molar-refractivity contribution in [1.82, 2.24) is 4.31 Å².